The maximum absolute atomic E-state index is 12.2. The summed E-state index contributed by atoms with van der Waals surface area (Å²) in [7, 11) is 0. The van der Waals surface area contributed by atoms with Gasteiger partial charge in [-0.3, -0.25) is 9.48 Å². The van der Waals surface area contributed by atoms with Gasteiger partial charge in [0.25, 0.3) is 0 Å². The molecule has 0 fully saturated rings. The molecule has 0 aliphatic carbocycles. The molecule has 2 heterocycles. The van der Waals surface area contributed by atoms with Crippen LogP contribution in [0.3, 0.4) is 0 Å². The van der Waals surface area contributed by atoms with Crippen LogP contribution in [0.15, 0.2) is 29.2 Å². The molecular formula is C15H16N4OS2. The Balaban J connectivity index is 1.78. The smallest absolute Gasteiger partial charge is 0.247 e. The molecule has 3 rings (SSSR count). The molecule has 7 heteroatoms. The first-order chi connectivity index (χ1) is 10.6. The second-order valence-corrected chi connectivity index (χ2v) is 6.84. The van der Waals surface area contributed by atoms with E-state index in [1.807, 2.05) is 44.4 Å². The molecule has 1 N–H and O–H groups in total. The number of hydrogen-bond donors (Lipinski definition) is 1. The number of thiazole rings is 1. The summed E-state index contributed by atoms with van der Waals surface area (Å²) in [6, 6.07) is 8.02. The van der Waals surface area contributed by atoms with Crippen LogP contribution in [0.25, 0.3) is 10.2 Å². The summed E-state index contributed by atoms with van der Waals surface area (Å²) in [5.74, 6) is -0.115. The van der Waals surface area contributed by atoms with Crippen LogP contribution in [0.5, 0.6) is 0 Å². The SMILES string of the molecule is CSc1cccc2sc(NC(=O)Cn3nc(C)cc3C)nc12. The van der Waals surface area contributed by atoms with Crippen LogP contribution in [0.1, 0.15) is 11.4 Å². The lowest BCUT2D eigenvalue weighted by Crippen LogP contribution is -2.20. The molecule has 0 spiro atoms. The third kappa shape index (κ3) is 3.00. The molecule has 114 valence electrons. The number of fused-ring (bicyclic) bond motifs is 1. The van der Waals surface area contributed by atoms with Crippen LogP contribution in [-0.2, 0) is 11.3 Å². The Labute approximate surface area is 136 Å². The van der Waals surface area contributed by atoms with E-state index >= 15 is 0 Å². The summed E-state index contributed by atoms with van der Waals surface area (Å²) in [5.41, 5.74) is 2.83. The summed E-state index contributed by atoms with van der Waals surface area (Å²) in [6.07, 6.45) is 2.02. The molecule has 0 bridgehead atoms. The number of amides is 1. The molecule has 0 aliphatic rings. The zero-order valence-electron chi connectivity index (χ0n) is 12.6. The lowest BCUT2D eigenvalue weighted by molar-refractivity contribution is -0.116. The summed E-state index contributed by atoms with van der Waals surface area (Å²) in [6.45, 7) is 4.06. The van der Waals surface area contributed by atoms with Gasteiger partial charge in [0, 0.05) is 10.6 Å². The molecular weight excluding hydrogens is 316 g/mol. The van der Waals surface area contributed by atoms with Gasteiger partial charge < -0.3 is 5.32 Å². The molecule has 0 radical (unpaired) electrons. The van der Waals surface area contributed by atoms with Crippen molar-refractivity contribution in [3.63, 3.8) is 0 Å². The van der Waals surface area contributed by atoms with Crippen LogP contribution in [-0.4, -0.2) is 26.9 Å². The van der Waals surface area contributed by atoms with Crippen molar-refractivity contribution < 1.29 is 4.79 Å². The maximum Gasteiger partial charge on any atom is 0.247 e. The molecule has 22 heavy (non-hydrogen) atoms. The number of anilines is 1. The average Bonchev–Trinajstić information content (AvgIpc) is 3.01. The zero-order chi connectivity index (χ0) is 15.7. The number of carbonyl (C=O) groups is 1. The monoisotopic (exact) mass is 332 g/mol. The number of nitrogens with one attached hydrogen (secondary N) is 1. The summed E-state index contributed by atoms with van der Waals surface area (Å²) in [4.78, 5) is 17.8. The molecule has 0 atom stereocenters. The molecule has 0 unspecified atom stereocenters. The van der Waals surface area contributed by atoms with Gasteiger partial charge in [0.05, 0.1) is 15.9 Å². The van der Waals surface area contributed by atoms with Crippen LogP contribution in [0.2, 0.25) is 0 Å². The van der Waals surface area contributed by atoms with Crippen molar-refractivity contribution in [3.8, 4) is 0 Å². The Hall–Kier alpha value is -1.86. The topological polar surface area (TPSA) is 59.8 Å². The fraction of sp³-hybridized carbons (Fsp3) is 0.267. The molecule has 2 aromatic heterocycles. The molecule has 1 amide bonds. The van der Waals surface area contributed by atoms with Crippen molar-refractivity contribution in [1.82, 2.24) is 14.8 Å². The highest BCUT2D eigenvalue weighted by molar-refractivity contribution is 7.98. The number of nitrogens with zero attached hydrogens (tertiary/aromatic N) is 3. The Bertz CT molecular complexity index is 837. The van der Waals surface area contributed by atoms with Gasteiger partial charge in [-0.25, -0.2) is 4.98 Å². The summed E-state index contributed by atoms with van der Waals surface area (Å²) in [5, 5.41) is 7.79. The number of thioether (sulfide) groups is 1. The average molecular weight is 332 g/mol. The standard InChI is InChI=1S/C15H16N4OS2/c1-9-7-10(2)19(18-9)8-13(20)16-15-17-14-11(21-3)5-4-6-12(14)22-15/h4-7H,8H2,1-3H3,(H,16,17,20). The molecule has 0 saturated carbocycles. The molecule has 1 aromatic carbocycles. The van der Waals surface area contributed by atoms with E-state index in [0.29, 0.717) is 5.13 Å². The highest BCUT2D eigenvalue weighted by Gasteiger charge is 2.12. The van der Waals surface area contributed by atoms with E-state index in [1.54, 1.807) is 16.4 Å². The van der Waals surface area contributed by atoms with Crippen molar-refractivity contribution in [1.29, 1.82) is 0 Å². The van der Waals surface area contributed by atoms with Crippen molar-refractivity contribution in [3.05, 3.63) is 35.7 Å². The van der Waals surface area contributed by atoms with Crippen LogP contribution in [0, 0.1) is 13.8 Å². The van der Waals surface area contributed by atoms with Crippen LogP contribution < -0.4 is 5.32 Å². The van der Waals surface area contributed by atoms with Gasteiger partial charge in [-0.1, -0.05) is 17.4 Å². The fourth-order valence-corrected chi connectivity index (χ4v) is 3.81. The number of aromatic nitrogens is 3. The molecule has 0 aliphatic heterocycles. The summed E-state index contributed by atoms with van der Waals surface area (Å²) >= 11 is 3.14. The Kier molecular flexibility index (Phi) is 4.17. The van der Waals surface area contributed by atoms with E-state index < -0.39 is 0 Å². The van der Waals surface area contributed by atoms with Gasteiger partial charge in [0.1, 0.15) is 6.54 Å². The Morgan fingerprint density at radius 1 is 1.41 bits per heavy atom. The predicted octanol–water partition coefficient (Wildman–Crippen LogP) is 3.47. The maximum atomic E-state index is 12.2. The third-order valence-corrected chi connectivity index (χ3v) is 4.95. The second-order valence-electron chi connectivity index (χ2n) is 4.96. The number of para-hydroxylation sites is 1. The number of benzene rings is 1. The van der Waals surface area contributed by atoms with Gasteiger partial charge in [0.2, 0.25) is 5.91 Å². The van der Waals surface area contributed by atoms with Gasteiger partial charge in [0.15, 0.2) is 5.13 Å². The normalized spacial score (nSPS) is 11.0. The highest BCUT2D eigenvalue weighted by Crippen LogP contribution is 2.32. The number of hydrogen-bond acceptors (Lipinski definition) is 5. The first-order valence-electron chi connectivity index (χ1n) is 6.81. The minimum atomic E-state index is -0.115. The minimum Gasteiger partial charge on any atom is -0.300 e. The lowest BCUT2D eigenvalue weighted by atomic mass is 10.3. The molecule has 0 saturated heterocycles. The summed E-state index contributed by atoms with van der Waals surface area (Å²) < 4.78 is 2.78. The van der Waals surface area contributed by atoms with Gasteiger partial charge in [-0.2, -0.15) is 5.10 Å². The van der Waals surface area contributed by atoms with Gasteiger partial charge in [-0.15, -0.1) is 11.8 Å². The minimum absolute atomic E-state index is 0.115. The zero-order valence-corrected chi connectivity index (χ0v) is 14.2. The van der Waals surface area contributed by atoms with Crippen molar-refractivity contribution in [2.45, 2.75) is 25.3 Å². The largest absolute Gasteiger partial charge is 0.300 e. The van der Waals surface area contributed by atoms with Crippen molar-refractivity contribution in [2.75, 3.05) is 11.6 Å². The van der Waals surface area contributed by atoms with Crippen LogP contribution in [0.4, 0.5) is 5.13 Å². The van der Waals surface area contributed by atoms with Gasteiger partial charge in [-0.05, 0) is 38.3 Å². The predicted molar refractivity (Wildman–Crippen MR) is 91.7 cm³/mol. The van der Waals surface area contributed by atoms with Crippen molar-refractivity contribution >= 4 is 44.4 Å². The lowest BCUT2D eigenvalue weighted by Gasteiger charge is -2.03. The third-order valence-electron chi connectivity index (χ3n) is 3.24. The van der Waals surface area contributed by atoms with Crippen molar-refractivity contribution in [2.24, 2.45) is 0 Å². The van der Waals surface area contributed by atoms with Gasteiger partial charge >= 0.3 is 0 Å². The van der Waals surface area contributed by atoms with Crippen LogP contribution >= 0.6 is 23.1 Å². The van der Waals surface area contributed by atoms with E-state index in [-0.39, 0.29) is 12.5 Å². The molecule has 5 nitrogen and oxygen atoms in total. The first-order valence-corrected chi connectivity index (χ1v) is 8.85. The number of rotatable bonds is 4. The van der Waals surface area contributed by atoms with E-state index in [0.717, 1.165) is 26.5 Å². The second kappa shape index (κ2) is 6.10. The number of carbonyl (C=O) groups excluding carboxylic acids is 1. The highest BCUT2D eigenvalue weighted by atomic mass is 32.2. The number of aryl methyl sites for hydroxylation is 2. The first kappa shape index (κ1) is 15.1. The Morgan fingerprint density at radius 3 is 2.91 bits per heavy atom. The molecule has 3 aromatic rings. The van der Waals surface area contributed by atoms with E-state index in [9.17, 15) is 4.79 Å². The van der Waals surface area contributed by atoms with E-state index in [1.165, 1.54) is 11.3 Å². The van der Waals surface area contributed by atoms with E-state index in [2.05, 4.69) is 15.4 Å². The Morgan fingerprint density at radius 2 is 2.23 bits per heavy atom. The quantitative estimate of drug-likeness (QED) is 0.743. The fourth-order valence-electron chi connectivity index (χ4n) is 2.27. The van der Waals surface area contributed by atoms with E-state index in [4.69, 9.17) is 0 Å².